The molecule has 6 nitrogen and oxygen atoms in total. The molecular weight excluding hydrogens is 288 g/mol. The lowest BCUT2D eigenvalue weighted by atomic mass is 10.2. The molecule has 0 aliphatic carbocycles. The molecule has 2 rings (SSSR count). The molecule has 0 radical (unpaired) electrons. The largest absolute Gasteiger partial charge is 0.332 e. The van der Waals surface area contributed by atoms with Gasteiger partial charge in [-0.2, -0.15) is 0 Å². The zero-order valence-electron chi connectivity index (χ0n) is 13.0. The van der Waals surface area contributed by atoms with Crippen molar-refractivity contribution in [1.82, 2.24) is 19.1 Å². The van der Waals surface area contributed by atoms with Gasteiger partial charge in [-0.1, -0.05) is 20.8 Å². The highest BCUT2D eigenvalue weighted by molar-refractivity contribution is 7.98. The van der Waals surface area contributed by atoms with Gasteiger partial charge in [-0.05, 0) is 12.7 Å². The van der Waals surface area contributed by atoms with Gasteiger partial charge < -0.3 is 0 Å². The van der Waals surface area contributed by atoms with Gasteiger partial charge in [-0.3, -0.25) is 13.9 Å². The van der Waals surface area contributed by atoms with Crippen molar-refractivity contribution in [2.24, 2.45) is 7.05 Å². The van der Waals surface area contributed by atoms with Crippen LogP contribution in [0.15, 0.2) is 14.6 Å². The highest BCUT2D eigenvalue weighted by atomic mass is 32.2. The predicted octanol–water partition coefficient (Wildman–Crippen LogP) is 1.75. The number of hydrogen-bond donors (Lipinski definition) is 0. The average molecular weight is 308 g/mol. The number of aryl methyl sites for hydroxylation is 1. The summed E-state index contributed by atoms with van der Waals surface area (Å²) in [5.74, 6) is 0.791. The molecule has 114 valence electrons. The molecule has 0 fully saturated rings. The smallest absolute Gasteiger partial charge is 0.277 e. The number of fused-ring (bicyclic) bond motifs is 1. The fourth-order valence-electron chi connectivity index (χ4n) is 2.18. The van der Waals surface area contributed by atoms with Gasteiger partial charge in [0.1, 0.15) is 16.2 Å². The third kappa shape index (κ3) is 2.62. The van der Waals surface area contributed by atoms with E-state index in [-0.39, 0.29) is 17.2 Å². The van der Waals surface area contributed by atoms with Gasteiger partial charge in [0.05, 0.1) is 0 Å². The van der Waals surface area contributed by atoms with Crippen molar-refractivity contribution in [2.45, 2.75) is 44.7 Å². The van der Waals surface area contributed by atoms with Crippen LogP contribution in [0.25, 0.3) is 11.0 Å². The van der Waals surface area contributed by atoms with Crippen molar-refractivity contribution < 1.29 is 0 Å². The Morgan fingerprint density at radius 2 is 1.90 bits per heavy atom. The predicted molar refractivity (Wildman–Crippen MR) is 85.2 cm³/mol. The fourth-order valence-corrected chi connectivity index (χ4v) is 2.75. The van der Waals surface area contributed by atoms with Gasteiger partial charge in [-0.15, -0.1) is 11.8 Å². The van der Waals surface area contributed by atoms with Crippen LogP contribution in [-0.4, -0.2) is 25.4 Å². The highest BCUT2D eigenvalue weighted by Gasteiger charge is 2.18. The van der Waals surface area contributed by atoms with Crippen molar-refractivity contribution >= 4 is 22.8 Å². The van der Waals surface area contributed by atoms with Crippen LogP contribution in [0, 0.1) is 0 Å². The normalized spacial score (nSPS) is 11.5. The third-order valence-corrected chi connectivity index (χ3v) is 4.01. The Bertz CT molecular complexity index is 792. The summed E-state index contributed by atoms with van der Waals surface area (Å²) in [6.45, 7) is 6.51. The van der Waals surface area contributed by atoms with Gasteiger partial charge >= 0.3 is 5.69 Å². The lowest BCUT2D eigenvalue weighted by molar-refractivity contribution is 0.603. The first-order valence-electron chi connectivity index (χ1n) is 6.97. The Labute approximate surface area is 127 Å². The van der Waals surface area contributed by atoms with E-state index in [1.54, 1.807) is 4.57 Å². The number of aromatic nitrogens is 4. The number of rotatable bonds is 4. The molecule has 0 aliphatic rings. The summed E-state index contributed by atoms with van der Waals surface area (Å²) in [5, 5.41) is 1.07. The Morgan fingerprint density at radius 1 is 1.24 bits per heavy atom. The van der Waals surface area contributed by atoms with E-state index < -0.39 is 0 Å². The van der Waals surface area contributed by atoms with Gasteiger partial charge in [0.2, 0.25) is 0 Å². The molecule has 0 spiro atoms. The summed E-state index contributed by atoms with van der Waals surface area (Å²) >= 11 is 1.41. The fraction of sp³-hybridized carbons (Fsp3) is 0.571. The van der Waals surface area contributed by atoms with Crippen molar-refractivity contribution in [3.05, 3.63) is 26.7 Å². The summed E-state index contributed by atoms with van der Waals surface area (Å²) in [6, 6.07) is 0. The molecule has 0 amide bonds. The van der Waals surface area contributed by atoms with Gasteiger partial charge in [0, 0.05) is 19.5 Å². The first-order chi connectivity index (χ1) is 9.92. The molecule has 0 aliphatic heterocycles. The van der Waals surface area contributed by atoms with E-state index in [0.29, 0.717) is 28.4 Å². The van der Waals surface area contributed by atoms with E-state index in [1.165, 1.54) is 18.8 Å². The molecule has 2 aromatic heterocycles. The lowest BCUT2D eigenvalue weighted by Gasteiger charge is -2.14. The molecule has 2 aromatic rings. The maximum absolute atomic E-state index is 12.4. The molecule has 0 unspecified atom stereocenters. The van der Waals surface area contributed by atoms with Crippen molar-refractivity contribution in [3.8, 4) is 0 Å². The van der Waals surface area contributed by atoms with Crippen LogP contribution in [0.2, 0.25) is 0 Å². The summed E-state index contributed by atoms with van der Waals surface area (Å²) < 4.78 is 2.71. The zero-order valence-corrected chi connectivity index (χ0v) is 13.8. The van der Waals surface area contributed by atoms with E-state index in [2.05, 4.69) is 9.97 Å². The minimum atomic E-state index is -0.331. The van der Waals surface area contributed by atoms with E-state index in [9.17, 15) is 9.59 Å². The van der Waals surface area contributed by atoms with E-state index in [1.807, 2.05) is 27.0 Å². The zero-order chi connectivity index (χ0) is 15.7. The quantitative estimate of drug-likeness (QED) is 0.635. The van der Waals surface area contributed by atoms with E-state index in [4.69, 9.17) is 0 Å². The SMILES string of the molecule is CCCn1c(=O)n(C)c(=O)c2c(SC)nc(C(C)C)nc21. The molecule has 0 bridgehead atoms. The van der Waals surface area contributed by atoms with Gasteiger partial charge in [-0.25, -0.2) is 14.8 Å². The average Bonchev–Trinajstić information content (AvgIpc) is 2.47. The number of hydrogen-bond acceptors (Lipinski definition) is 5. The molecule has 21 heavy (non-hydrogen) atoms. The van der Waals surface area contributed by atoms with Crippen LogP contribution in [0.3, 0.4) is 0 Å². The molecule has 0 aromatic carbocycles. The minimum absolute atomic E-state index is 0.134. The Morgan fingerprint density at radius 3 is 2.43 bits per heavy atom. The van der Waals surface area contributed by atoms with E-state index in [0.717, 1.165) is 11.0 Å². The molecule has 2 heterocycles. The lowest BCUT2D eigenvalue weighted by Crippen LogP contribution is -2.39. The highest BCUT2D eigenvalue weighted by Crippen LogP contribution is 2.22. The molecule has 0 saturated heterocycles. The second kappa shape index (κ2) is 6.01. The first-order valence-corrected chi connectivity index (χ1v) is 8.20. The van der Waals surface area contributed by atoms with Crippen LogP contribution in [-0.2, 0) is 13.6 Å². The topological polar surface area (TPSA) is 69.8 Å². The molecule has 0 saturated carbocycles. The maximum atomic E-state index is 12.4. The van der Waals surface area contributed by atoms with Crippen molar-refractivity contribution in [1.29, 1.82) is 0 Å². The van der Waals surface area contributed by atoms with Crippen molar-refractivity contribution in [3.63, 3.8) is 0 Å². The monoisotopic (exact) mass is 308 g/mol. The minimum Gasteiger partial charge on any atom is -0.277 e. The van der Waals surface area contributed by atoms with Crippen LogP contribution in [0.4, 0.5) is 0 Å². The van der Waals surface area contributed by atoms with Gasteiger partial charge in [0.25, 0.3) is 5.56 Å². The Kier molecular flexibility index (Phi) is 4.51. The molecule has 0 N–H and O–H groups in total. The van der Waals surface area contributed by atoms with Crippen LogP contribution < -0.4 is 11.2 Å². The van der Waals surface area contributed by atoms with Crippen molar-refractivity contribution in [2.75, 3.05) is 6.26 Å². The Hall–Kier alpha value is -1.63. The summed E-state index contributed by atoms with van der Waals surface area (Å²) in [7, 11) is 1.50. The van der Waals surface area contributed by atoms with Gasteiger partial charge in [0.15, 0.2) is 5.65 Å². The van der Waals surface area contributed by atoms with E-state index >= 15 is 0 Å². The number of nitrogens with zero attached hydrogens (tertiary/aromatic N) is 4. The molecule has 0 atom stereocenters. The second-order valence-corrected chi connectivity index (χ2v) is 6.04. The third-order valence-electron chi connectivity index (χ3n) is 3.32. The maximum Gasteiger partial charge on any atom is 0.332 e. The second-order valence-electron chi connectivity index (χ2n) is 5.24. The molecule has 7 heteroatoms. The van der Waals surface area contributed by atoms with Crippen LogP contribution in [0.5, 0.6) is 0 Å². The first kappa shape index (κ1) is 15.8. The standard InChI is InChI=1S/C14H20N4O2S/c1-6-7-18-11-9(13(19)17(4)14(18)20)12(21-5)16-10(15-11)8(2)3/h8H,6-7H2,1-5H3. The number of thioether (sulfide) groups is 1. The van der Waals surface area contributed by atoms with Crippen LogP contribution >= 0.6 is 11.8 Å². The summed E-state index contributed by atoms with van der Waals surface area (Å²) in [6.07, 6.45) is 2.67. The molecular formula is C14H20N4O2S. The summed E-state index contributed by atoms with van der Waals surface area (Å²) in [4.78, 5) is 33.7. The summed E-state index contributed by atoms with van der Waals surface area (Å²) in [5.41, 5.74) is -0.204. The van der Waals surface area contributed by atoms with Crippen LogP contribution in [0.1, 0.15) is 38.9 Å². The Balaban J connectivity index is 3.03.